The minimum absolute atomic E-state index is 0.108. The normalized spacial score (nSPS) is 11.1. The molecule has 0 radical (unpaired) electrons. The zero-order valence-corrected chi connectivity index (χ0v) is 9.66. The van der Waals surface area contributed by atoms with Gasteiger partial charge in [0.05, 0.1) is 12.2 Å². The number of rotatable bonds is 4. The molecule has 0 spiro atoms. The van der Waals surface area contributed by atoms with E-state index in [1.807, 2.05) is 27.7 Å². The second-order valence-corrected chi connectivity index (χ2v) is 4.00. The van der Waals surface area contributed by atoms with Gasteiger partial charge in [0.15, 0.2) is 0 Å². The van der Waals surface area contributed by atoms with Crippen LogP contribution in [0.4, 0.5) is 0 Å². The summed E-state index contributed by atoms with van der Waals surface area (Å²) in [4.78, 5) is 0. The first-order valence-electron chi connectivity index (χ1n) is 4.50. The topological polar surface area (TPSA) is 30.5 Å². The van der Waals surface area contributed by atoms with Gasteiger partial charge in [0.2, 0.25) is 0 Å². The average Bonchev–Trinajstić information content (AvgIpc) is 1.97. The maximum Gasteiger partial charge on any atom is 0.256 e. The largest absolute Gasteiger partial charge is 0.469 e. The molecule has 0 bridgehead atoms. The third-order valence-corrected chi connectivity index (χ3v) is 1.43. The summed E-state index contributed by atoms with van der Waals surface area (Å²) >= 11 is 4.87. The summed E-state index contributed by atoms with van der Waals surface area (Å²) in [5.41, 5.74) is -0.108. The Labute approximate surface area is 85.8 Å². The minimum atomic E-state index is -0.108. The molecule has 0 aliphatic carbocycles. The molecule has 4 heteroatoms. The fourth-order valence-electron chi connectivity index (χ4n) is 0.678. The maximum absolute atomic E-state index is 5.45. The Morgan fingerprint density at radius 2 is 1.92 bits per heavy atom. The van der Waals surface area contributed by atoms with Gasteiger partial charge in [-0.2, -0.15) is 0 Å². The lowest BCUT2D eigenvalue weighted by Crippen LogP contribution is -2.27. The van der Waals surface area contributed by atoms with Crippen molar-refractivity contribution >= 4 is 17.4 Å². The van der Waals surface area contributed by atoms with Crippen LogP contribution in [0, 0.1) is 0 Å². The van der Waals surface area contributed by atoms with Gasteiger partial charge < -0.3 is 14.8 Å². The molecular weight excluding hydrogens is 186 g/mol. The Balaban J connectivity index is 3.31. The van der Waals surface area contributed by atoms with Gasteiger partial charge in [-0.1, -0.05) is 0 Å². The molecule has 0 aliphatic heterocycles. The summed E-state index contributed by atoms with van der Waals surface area (Å²) in [7, 11) is 0. The molecule has 13 heavy (non-hydrogen) atoms. The van der Waals surface area contributed by atoms with Gasteiger partial charge in [0.25, 0.3) is 5.17 Å². The lowest BCUT2D eigenvalue weighted by atomic mass is 10.2. The lowest BCUT2D eigenvalue weighted by molar-refractivity contribution is -0.0180. The molecule has 0 aromatic carbocycles. The van der Waals surface area contributed by atoms with Gasteiger partial charge in [0, 0.05) is 6.54 Å². The van der Waals surface area contributed by atoms with Crippen LogP contribution in [0.3, 0.4) is 0 Å². The molecule has 0 unspecified atom stereocenters. The van der Waals surface area contributed by atoms with E-state index in [-0.39, 0.29) is 5.60 Å². The van der Waals surface area contributed by atoms with E-state index in [0.717, 1.165) is 6.54 Å². The fourth-order valence-corrected chi connectivity index (χ4v) is 0.905. The predicted molar refractivity (Wildman–Crippen MR) is 57.9 cm³/mol. The summed E-state index contributed by atoms with van der Waals surface area (Å²) in [5.74, 6) is 0. The molecule has 0 aromatic heterocycles. The maximum atomic E-state index is 5.45. The van der Waals surface area contributed by atoms with E-state index in [9.17, 15) is 0 Å². The van der Waals surface area contributed by atoms with Crippen molar-refractivity contribution in [3.05, 3.63) is 0 Å². The van der Waals surface area contributed by atoms with E-state index < -0.39 is 0 Å². The second kappa shape index (κ2) is 6.16. The Hall–Kier alpha value is -0.350. The number of hydrogen-bond acceptors (Lipinski definition) is 3. The molecule has 1 N–H and O–H groups in total. The van der Waals surface area contributed by atoms with Crippen molar-refractivity contribution in [3.63, 3.8) is 0 Å². The number of ether oxygens (including phenoxy) is 2. The minimum Gasteiger partial charge on any atom is -0.469 e. The number of hydrogen-bond donors (Lipinski definition) is 1. The first-order valence-corrected chi connectivity index (χ1v) is 4.91. The van der Waals surface area contributed by atoms with Crippen LogP contribution in [-0.4, -0.2) is 30.5 Å². The lowest BCUT2D eigenvalue weighted by Gasteiger charge is -2.19. The third kappa shape index (κ3) is 9.56. The molecule has 3 nitrogen and oxygen atoms in total. The van der Waals surface area contributed by atoms with Crippen molar-refractivity contribution in [2.75, 3.05) is 19.8 Å². The molecule has 78 valence electrons. The fraction of sp³-hybridized carbons (Fsp3) is 0.889. The predicted octanol–water partition coefficient (Wildman–Crippen LogP) is 1.71. The summed E-state index contributed by atoms with van der Waals surface area (Å²) < 4.78 is 10.6. The van der Waals surface area contributed by atoms with E-state index in [0.29, 0.717) is 18.4 Å². The van der Waals surface area contributed by atoms with Crippen LogP contribution in [0.2, 0.25) is 0 Å². The molecule has 0 fully saturated rings. The van der Waals surface area contributed by atoms with Crippen LogP contribution in [0.1, 0.15) is 27.7 Å². The summed E-state index contributed by atoms with van der Waals surface area (Å²) in [6.45, 7) is 9.86. The monoisotopic (exact) mass is 205 g/mol. The highest BCUT2D eigenvalue weighted by Gasteiger charge is 2.09. The van der Waals surface area contributed by atoms with E-state index in [1.54, 1.807) is 0 Å². The van der Waals surface area contributed by atoms with Gasteiger partial charge in [0.1, 0.15) is 6.61 Å². The Bertz CT molecular complexity index is 154. The number of thiocarbonyl (C=S) groups is 1. The van der Waals surface area contributed by atoms with Gasteiger partial charge >= 0.3 is 0 Å². The first kappa shape index (κ1) is 12.7. The molecule has 0 aliphatic rings. The average molecular weight is 205 g/mol. The zero-order chi connectivity index (χ0) is 10.3. The van der Waals surface area contributed by atoms with Crippen molar-refractivity contribution in [1.82, 2.24) is 5.32 Å². The summed E-state index contributed by atoms with van der Waals surface area (Å²) in [6.07, 6.45) is 0. The van der Waals surface area contributed by atoms with E-state index in [2.05, 4.69) is 5.32 Å². The van der Waals surface area contributed by atoms with Gasteiger partial charge in [-0.05, 0) is 39.9 Å². The zero-order valence-electron chi connectivity index (χ0n) is 8.85. The van der Waals surface area contributed by atoms with Crippen molar-refractivity contribution in [2.45, 2.75) is 33.3 Å². The smallest absolute Gasteiger partial charge is 0.256 e. The van der Waals surface area contributed by atoms with Crippen LogP contribution in [-0.2, 0) is 9.47 Å². The van der Waals surface area contributed by atoms with Crippen molar-refractivity contribution in [1.29, 1.82) is 0 Å². The Morgan fingerprint density at radius 1 is 1.31 bits per heavy atom. The van der Waals surface area contributed by atoms with Crippen LogP contribution in [0.5, 0.6) is 0 Å². The molecule has 0 atom stereocenters. The Morgan fingerprint density at radius 3 is 2.38 bits per heavy atom. The molecule has 0 heterocycles. The second-order valence-electron chi connectivity index (χ2n) is 3.63. The van der Waals surface area contributed by atoms with E-state index in [1.165, 1.54) is 0 Å². The quantitative estimate of drug-likeness (QED) is 0.559. The highest BCUT2D eigenvalue weighted by molar-refractivity contribution is 7.80. The van der Waals surface area contributed by atoms with Crippen molar-refractivity contribution in [2.24, 2.45) is 0 Å². The van der Waals surface area contributed by atoms with E-state index >= 15 is 0 Å². The van der Waals surface area contributed by atoms with E-state index in [4.69, 9.17) is 21.7 Å². The standard InChI is InChI=1S/C9H19NO2S/c1-5-10-8(13)11-6-7-12-9(2,3)4/h5-7H2,1-4H3,(H,10,13). The highest BCUT2D eigenvalue weighted by Crippen LogP contribution is 2.05. The third-order valence-electron chi connectivity index (χ3n) is 1.17. The SMILES string of the molecule is CCNC(=S)OCCOC(C)(C)C. The van der Waals surface area contributed by atoms with Gasteiger partial charge in [-0.25, -0.2) is 0 Å². The molecule has 0 saturated heterocycles. The summed E-state index contributed by atoms with van der Waals surface area (Å²) in [6, 6.07) is 0. The molecule has 0 rings (SSSR count). The first-order chi connectivity index (χ1) is 5.95. The van der Waals surface area contributed by atoms with Crippen molar-refractivity contribution < 1.29 is 9.47 Å². The van der Waals surface area contributed by atoms with Crippen LogP contribution >= 0.6 is 12.2 Å². The molecular formula is C9H19NO2S. The van der Waals surface area contributed by atoms with Crippen LogP contribution in [0.15, 0.2) is 0 Å². The van der Waals surface area contributed by atoms with Gasteiger partial charge in [-0.15, -0.1) is 0 Å². The van der Waals surface area contributed by atoms with Gasteiger partial charge in [-0.3, -0.25) is 0 Å². The Kier molecular flexibility index (Phi) is 5.99. The van der Waals surface area contributed by atoms with Crippen molar-refractivity contribution in [3.8, 4) is 0 Å². The van der Waals surface area contributed by atoms with Crippen LogP contribution in [0.25, 0.3) is 0 Å². The molecule has 0 aromatic rings. The molecule has 0 amide bonds. The number of nitrogens with one attached hydrogen (secondary N) is 1. The van der Waals surface area contributed by atoms with Crippen LogP contribution < -0.4 is 5.32 Å². The molecule has 0 saturated carbocycles. The highest BCUT2D eigenvalue weighted by atomic mass is 32.1. The summed E-state index contributed by atoms with van der Waals surface area (Å²) in [5, 5.41) is 3.34.